The Morgan fingerprint density at radius 2 is 1.86 bits per heavy atom. The Bertz CT molecular complexity index is 1350. The Labute approximate surface area is 210 Å². The van der Waals surface area contributed by atoms with E-state index < -0.39 is 28.6 Å². The molecule has 0 radical (unpaired) electrons. The van der Waals surface area contributed by atoms with Crippen LogP contribution in [0.2, 0.25) is 0 Å². The smallest absolute Gasteiger partial charge is 0.333 e. The minimum absolute atomic E-state index is 0.0339. The van der Waals surface area contributed by atoms with Gasteiger partial charge in [-0.3, -0.25) is 9.36 Å². The van der Waals surface area contributed by atoms with Crippen LogP contribution in [-0.2, 0) is 27.3 Å². The second-order valence-electron chi connectivity index (χ2n) is 7.73. The highest BCUT2D eigenvalue weighted by Crippen LogP contribution is 2.23. The van der Waals surface area contributed by atoms with Crippen LogP contribution in [0.25, 0.3) is 0 Å². The molecule has 1 amide bonds. The van der Waals surface area contributed by atoms with Crippen molar-refractivity contribution in [3.8, 4) is 5.88 Å². The van der Waals surface area contributed by atoms with Gasteiger partial charge in [-0.05, 0) is 23.3 Å². The van der Waals surface area contributed by atoms with Gasteiger partial charge in [0.15, 0.2) is 11.1 Å². The zero-order chi connectivity index (χ0) is 26.9. The maximum Gasteiger partial charge on any atom is 0.333 e. The normalized spacial score (nSPS) is 12.0. The lowest BCUT2D eigenvalue weighted by Gasteiger charge is -2.16. The number of aromatic hydroxyl groups is 1. The maximum absolute atomic E-state index is 12.9. The van der Waals surface area contributed by atoms with Crippen LogP contribution in [0.4, 0.5) is 5.69 Å². The lowest BCUT2D eigenvalue weighted by molar-refractivity contribution is -0.525. The summed E-state index contributed by atoms with van der Waals surface area (Å²) < 4.78 is 6.95. The molecular weight excluding hydrogens is 486 g/mol. The summed E-state index contributed by atoms with van der Waals surface area (Å²) in [5, 5.41) is 22.6. The first-order chi connectivity index (χ1) is 17.7. The molecule has 0 saturated heterocycles. The molecule has 14 nitrogen and oxygen atoms in total. The van der Waals surface area contributed by atoms with Gasteiger partial charge in [0.2, 0.25) is 11.8 Å². The topological polar surface area (TPSA) is 196 Å². The molecule has 0 aliphatic rings. The lowest BCUT2D eigenvalue weighted by atomic mass is 10.1. The number of amides is 1. The first-order valence-electron chi connectivity index (χ1n) is 10.9. The second-order valence-corrected chi connectivity index (χ2v) is 7.73. The molecule has 0 saturated carbocycles. The van der Waals surface area contributed by atoms with Gasteiger partial charge < -0.3 is 20.9 Å². The van der Waals surface area contributed by atoms with Crippen LogP contribution < -0.4 is 22.2 Å². The molecule has 5 N–H and O–H groups in total. The van der Waals surface area contributed by atoms with Gasteiger partial charge in [0.25, 0.3) is 5.96 Å². The van der Waals surface area contributed by atoms with Gasteiger partial charge in [-0.1, -0.05) is 47.9 Å². The third-order valence-corrected chi connectivity index (χ3v) is 5.20. The fraction of sp³-hybridized carbons (Fsp3) is 0.217. The summed E-state index contributed by atoms with van der Waals surface area (Å²) in [6, 6.07) is 13.6. The number of benzene rings is 2. The van der Waals surface area contributed by atoms with Gasteiger partial charge in [-0.25, -0.2) is 29.3 Å². The Balaban J connectivity index is 1.61. The SMILES string of the molecule is COC(=O)C(c1ccccc1)n1c(O)cn(CCNC(=O)Cc2ccc(N=C(N)N[N+](=O)[O-])cc2)c1=O. The Hall–Kier alpha value is -5.14. The van der Waals surface area contributed by atoms with Crippen molar-refractivity contribution in [3.63, 3.8) is 0 Å². The fourth-order valence-electron chi connectivity index (χ4n) is 3.54. The number of ether oxygens (including phenoxy) is 1. The number of nitro groups is 1. The van der Waals surface area contributed by atoms with Crippen molar-refractivity contribution in [2.45, 2.75) is 19.0 Å². The monoisotopic (exact) mass is 511 g/mol. The number of hydrogen-bond donors (Lipinski definition) is 4. The van der Waals surface area contributed by atoms with Crippen LogP contribution in [0.5, 0.6) is 5.88 Å². The van der Waals surface area contributed by atoms with E-state index in [-0.39, 0.29) is 31.4 Å². The van der Waals surface area contributed by atoms with E-state index in [1.54, 1.807) is 60.0 Å². The number of hydrazine groups is 1. The highest BCUT2D eigenvalue weighted by atomic mass is 16.7. The van der Waals surface area contributed by atoms with E-state index in [1.807, 2.05) is 0 Å². The number of nitrogens with zero attached hydrogens (tertiary/aromatic N) is 4. The van der Waals surface area contributed by atoms with Crippen molar-refractivity contribution in [2.24, 2.45) is 10.7 Å². The summed E-state index contributed by atoms with van der Waals surface area (Å²) in [4.78, 5) is 51.9. The molecule has 0 bridgehead atoms. The first-order valence-corrected chi connectivity index (χ1v) is 10.9. The van der Waals surface area contributed by atoms with Crippen LogP contribution in [0, 0.1) is 10.1 Å². The molecule has 3 rings (SSSR count). The number of aromatic nitrogens is 2. The number of carbonyl (C=O) groups is 2. The molecular formula is C23H25N7O7. The number of hydrogen-bond acceptors (Lipinski definition) is 8. The van der Waals surface area contributed by atoms with E-state index in [0.717, 1.165) is 4.57 Å². The summed E-state index contributed by atoms with van der Waals surface area (Å²) in [5.41, 5.74) is 7.95. The van der Waals surface area contributed by atoms with Crippen molar-refractivity contribution in [1.82, 2.24) is 19.9 Å². The maximum atomic E-state index is 12.9. The van der Waals surface area contributed by atoms with Crippen molar-refractivity contribution in [2.75, 3.05) is 13.7 Å². The third-order valence-electron chi connectivity index (χ3n) is 5.20. The van der Waals surface area contributed by atoms with E-state index >= 15 is 0 Å². The Morgan fingerprint density at radius 1 is 1.19 bits per heavy atom. The molecule has 0 aliphatic heterocycles. The van der Waals surface area contributed by atoms with Gasteiger partial charge >= 0.3 is 11.7 Å². The lowest BCUT2D eigenvalue weighted by Crippen LogP contribution is -2.35. The number of carbonyl (C=O) groups excluding carboxylic acids is 2. The first kappa shape index (κ1) is 26.5. The zero-order valence-corrected chi connectivity index (χ0v) is 19.7. The van der Waals surface area contributed by atoms with E-state index in [2.05, 4.69) is 10.3 Å². The number of esters is 1. The van der Waals surface area contributed by atoms with Crippen molar-refractivity contribution in [3.05, 3.63) is 92.5 Å². The quantitative estimate of drug-likeness (QED) is 0.0966. The highest BCUT2D eigenvalue weighted by molar-refractivity contribution is 5.80. The predicted octanol–water partition coefficient (Wildman–Crippen LogP) is 0.204. The zero-order valence-electron chi connectivity index (χ0n) is 19.7. The standard InChI is InChI=1S/C23H25N7O7/c1-37-21(33)20(16-5-3-2-4-6-16)29-19(32)14-28(23(29)34)12-11-25-18(31)13-15-7-9-17(10-8-15)26-22(24)27-30(35)36/h2-10,14,20,32H,11-13H2,1H3,(H,25,31)(H3,24,26,27). The third kappa shape index (κ3) is 6.94. The van der Waals surface area contributed by atoms with Crippen molar-refractivity contribution < 1.29 is 24.5 Å². The summed E-state index contributed by atoms with van der Waals surface area (Å²) in [5.74, 6) is -1.85. The van der Waals surface area contributed by atoms with Gasteiger partial charge in [0.05, 0.1) is 25.4 Å². The molecule has 1 aromatic heterocycles. The van der Waals surface area contributed by atoms with Gasteiger partial charge in [0, 0.05) is 13.1 Å². The fourth-order valence-corrected chi connectivity index (χ4v) is 3.54. The molecule has 0 aliphatic carbocycles. The molecule has 3 aromatic rings. The van der Waals surface area contributed by atoms with Gasteiger partial charge in [-0.2, -0.15) is 0 Å². The number of nitrogens with one attached hydrogen (secondary N) is 2. The molecule has 14 heteroatoms. The average molecular weight is 511 g/mol. The number of guanidine groups is 1. The van der Waals surface area contributed by atoms with E-state index in [9.17, 15) is 29.6 Å². The number of methoxy groups -OCH3 is 1. The minimum atomic E-state index is -1.17. The molecule has 1 unspecified atom stereocenters. The molecule has 37 heavy (non-hydrogen) atoms. The van der Waals surface area contributed by atoms with Gasteiger partial charge in [0.1, 0.15) is 0 Å². The number of imidazole rings is 1. The number of rotatable bonds is 10. The molecule has 1 atom stereocenters. The van der Waals surface area contributed by atoms with Gasteiger partial charge in [-0.15, -0.1) is 0 Å². The van der Waals surface area contributed by atoms with E-state index in [1.165, 1.54) is 17.9 Å². The second kappa shape index (κ2) is 12.0. The summed E-state index contributed by atoms with van der Waals surface area (Å²) in [7, 11) is 1.19. The van der Waals surface area contributed by atoms with Crippen LogP contribution >= 0.6 is 0 Å². The summed E-state index contributed by atoms with van der Waals surface area (Å²) in [6.45, 7) is 0.131. The number of aliphatic imine (C=N–C) groups is 1. The van der Waals surface area contributed by atoms with E-state index in [4.69, 9.17) is 10.5 Å². The summed E-state index contributed by atoms with van der Waals surface area (Å²) in [6.07, 6.45) is 1.22. The molecule has 1 heterocycles. The Morgan fingerprint density at radius 3 is 2.49 bits per heavy atom. The van der Waals surface area contributed by atoms with Crippen LogP contribution in [0.3, 0.4) is 0 Å². The van der Waals surface area contributed by atoms with Crippen LogP contribution in [-0.4, -0.2) is 50.8 Å². The minimum Gasteiger partial charge on any atom is -0.493 e. The summed E-state index contributed by atoms with van der Waals surface area (Å²) >= 11 is 0. The van der Waals surface area contributed by atoms with Crippen LogP contribution in [0.15, 0.2) is 70.6 Å². The molecule has 194 valence electrons. The van der Waals surface area contributed by atoms with E-state index in [0.29, 0.717) is 16.8 Å². The van der Waals surface area contributed by atoms with Crippen molar-refractivity contribution >= 4 is 23.5 Å². The molecule has 0 fully saturated rings. The molecule has 0 spiro atoms. The largest absolute Gasteiger partial charge is 0.493 e. The van der Waals surface area contributed by atoms with Crippen molar-refractivity contribution in [1.29, 1.82) is 0 Å². The Kier molecular flexibility index (Phi) is 8.59. The average Bonchev–Trinajstić information content (AvgIpc) is 3.13. The van der Waals surface area contributed by atoms with Crippen LogP contribution in [0.1, 0.15) is 17.2 Å². The highest BCUT2D eigenvalue weighted by Gasteiger charge is 2.28. The predicted molar refractivity (Wildman–Crippen MR) is 132 cm³/mol. The molecule has 2 aromatic carbocycles. The number of nitrogens with two attached hydrogens (primary N) is 1.